The van der Waals surface area contributed by atoms with Crippen LogP contribution in [0, 0.1) is 11.8 Å². The minimum absolute atomic E-state index is 0.529. The molecule has 0 spiro atoms. The number of ether oxygens (including phenoxy) is 2. The van der Waals surface area contributed by atoms with Gasteiger partial charge in [-0.05, 0) is 43.9 Å². The first-order chi connectivity index (χ1) is 11.7. The van der Waals surface area contributed by atoms with Crippen LogP contribution in [-0.2, 0) is 9.47 Å². The van der Waals surface area contributed by atoms with Gasteiger partial charge in [-0.15, -0.1) is 0 Å². The quantitative estimate of drug-likeness (QED) is 0.503. The lowest BCUT2D eigenvalue weighted by atomic mass is 9.81. The Balaban J connectivity index is 1.66. The smallest absolute Gasteiger partial charge is 0.160 e. The molecule has 2 rings (SSSR count). The third-order valence-electron chi connectivity index (χ3n) is 5.92. The highest BCUT2D eigenvalue weighted by molar-refractivity contribution is 4.90. The van der Waals surface area contributed by atoms with Crippen LogP contribution in [0.1, 0.15) is 78.1 Å². The van der Waals surface area contributed by atoms with Crippen molar-refractivity contribution in [3.8, 4) is 0 Å². The molecule has 4 unspecified atom stereocenters. The molecule has 0 aromatic carbocycles. The minimum Gasteiger partial charge on any atom is -0.375 e. The lowest BCUT2D eigenvalue weighted by Gasteiger charge is -2.36. The van der Waals surface area contributed by atoms with E-state index in [9.17, 15) is 8.78 Å². The zero-order chi connectivity index (χ0) is 17.4. The molecule has 0 aromatic rings. The molecule has 0 aliphatic heterocycles. The third-order valence-corrected chi connectivity index (χ3v) is 5.92. The van der Waals surface area contributed by atoms with E-state index in [-0.39, 0.29) is 0 Å². The third kappa shape index (κ3) is 5.94. The molecule has 2 saturated carbocycles. The molecule has 0 heterocycles. The van der Waals surface area contributed by atoms with Crippen molar-refractivity contribution in [1.29, 1.82) is 0 Å². The Hall–Kier alpha value is -0.220. The van der Waals surface area contributed by atoms with Crippen LogP contribution in [0.2, 0.25) is 0 Å². The van der Waals surface area contributed by atoms with Crippen molar-refractivity contribution >= 4 is 0 Å². The summed E-state index contributed by atoms with van der Waals surface area (Å²) in [4.78, 5) is 0. The van der Waals surface area contributed by atoms with E-state index in [1.165, 1.54) is 32.1 Å². The summed E-state index contributed by atoms with van der Waals surface area (Å²) in [6.07, 6.45) is 6.12. The van der Waals surface area contributed by atoms with Crippen LogP contribution in [0.25, 0.3) is 0 Å². The van der Waals surface area contributed by atoms with E-state index in [0.717, 1.165) is 25.2 Å². The molecular formula is C20H36F2O2. The van der Waals surface area contributed by atoms with Crippen LogP contribution in [-0.4, -0.2) is 37.8 Å². The monoisotopic (exact) mass is 346 g/mol. The summed E-state index contributed by atoms with van der Waals surface area (Å²) in [6, 6.07) is 0. The van der Waals surface area contributed by atoms with Crippen LogP contribution < -0.4 is 0 Å². The SMILES string of the molecule is CCCCCOC1CCC(OCC2CCC(CC)CC2)C(F)C1F. The first-order valence-corrected chi connectivity index (χ1v) is 10.2. The highest BCUT2D eigenvalue weighted by atomic mass is 19.2. The predicted molar refractivity (Wildman–Crippen MR) is 93.8 cm³/mol. The molecule has 0 radical (unpaired) electrons. The second-order valence-electron chi connectivity index (χ2n) is 7.75. The first-order valence-electron chi connectivity index (χ1n) is 10.2. The van der Waals surface area contributed by atoms with E-state index in [2.05, 4.69) is 13.8 Å². The van der Waals surface area contributed by atoms with Crippen molar-refractivity contribution < 1.29 is 18.3 Å². The lowest BCUT2D eigenvalue weighted by Crippen LogP contribution is -2.47. The highest BCUT2D eigenvalue weighted by Gasteiger charge is 2.41. The van der Waals surface area contributed by atoms with Crippen LogP contribution >= 0.6 is 0 Å². The standard InChI is InChI=1S/C20H36F2O2/c1-3-5-6-13-23-17-11-12-18(20(22)19(17)21)24-14-16-9-7-15(4-2)8-10-16/h15-20H,3-14H2,1-2H3. The molecule has 2 fully saturated rings. The van der Waals surface area contributed by atoms with E-state index in [0.29, 0.717) is 32.0 Å². The topological polar surface area (TPSA) is 18.5 Å². The van der Waals surface area contributed by atoms with Gasteiger partial charge in [0.25, 0.3) is 0 Å². The molecule has 24 heavy (non-hydrogen) atoms. The molecule has 4 atom stereocenters. The Bertz CT molecular complexity index is 332. The number of rotatable bonds is 9. The maximum absolute atomic E-state index is 14.4. The van der Waals surface area contributed by atoms with Crippen molar-refractivity contribution in [3.63, 3.8) is 0 Å². The van der Waals surface area contributed by atoms with Gasteiger partial charge < -0.3 is 9.47 Å². The molecule has 2 aliphatic rings. The average Bonchev–Trinajstić information content (AvgIpc) is 2.62. The maximum Gasteiger partial charge on any atom is 0.160 e. The Labute approximate surface area is 146 Å². The largest absolute Gasteiger partial charge is 0.375 e. The molecule has 142 valence electrons. The predicted octanol–water partition coefficient (Wildman–Crippen LogP) is 5.63. The molecule has 4 heteroatoms. The van der Waals surface area contributed by atoms with Crippen molar-refractivity contribution in [1.82, 2.24) is 0 Å². The Morgan fingerprint density at radius 2 is 1.33 bits per heavy atom. The van der Waals surface area contributed by atoms with Crippen molar-refractivity contribution in [2.75, 3.05) is 13.2 Å². The Morgan fingerprint density at radius 3 is 1.92 bits per heavy atom. The second-order valence-corrected chi connectivity index (χ2v) is 7.75. The normalized spacial score (nSPS) is 37.5. The zero-order valence-corrected chi connectivity index (χ0v) is 15.5. The Kier molecular flexibility index (Phi) is 8.96. The fourth-order valence-electron chi connectivity index (χ4n) is 4.06. The fraction of sp³-hybridized carbons (Fsp3) is 1.00. The van der Waals surface area contributed by atoms with E-state index < -0.39 is 24.6 Å². The number of unbranched alkanes of at least 4 members (excludes halogenated alkanes) is 2. The molecule has 0 saturated heterocycles. The molecule has 2 nitrogen and oxygen atoms in total. The van der Waals surface area contributed by atoms with Gasteiger partial charge >= 0.3 is 0 Å². The minimum atomic E-state index is -1.54. The summed E-state index contributed by atoms with van der Waals surface area (Å²) in [5.74, 6) is 1.38. The molecule has 0 aromatic heterocycles. The number of alkyl halides is 2. The van der Waals surface area contributed by atoms with Crippen LogP contribution in [0.3, 0.4) is 0 Å². The number of hydrogen-bond donors (Lipinski definition) is 0. The molecule has 2 aliphatic carbocycles. The highest BCUT2D eigenvalue weighted by Crippen LogP contribution is 2.33. The van der Waals surface area contributed by atoms with Gasteiger partial charge in [-0.1, -0.05) is 46.0 Å². The van der Waals surface area contributed by atoms with Crippen LogP contribution in [0.4, 0.5) is 8.78 Å². The summed E-state index contributed by atoms with van der Waals surface area (Å²) in [5.41, 5.74) is 0. The maximum atomic E-state index is 14.4. The zero-order valence-electron chi connectivity index (χ0n) is 15.5. The summed E-state index contributed by atoms with van der Waals surface area (Å²) >= 11 is 0. The molecule has 0 amide bonds. The van der Waals surface area contributed by atoms with Crippen LogP contribution in [0.15, 0.2) is 0 Å². The number of hydrogen-bond acceptors (Lipinski definition) is 2. The molecule has 0 bridgehead atoms. The molecule has 0 N–H and O–H groups in total. The van der Waals surface area contributed by atoms with Gasteiger partial charge in [0.2, 0.25) is 0 Å². The fourth-order valence-corrected chi connectivity index (χ4v) is 4.06. The van der Waals surface area contributed by atoms with Gasteiger partial charge in [0.15, 0.2) is 12.3 Å². The van der Waals surface area contributed by atoms with E-state index in [4.69, 9.17) is 9.47 Å². The summed E-state index contributed by atoms with van der Waals surface area (Å²) in [5, 5.41) is 0. The van der Waals surface area contributed by atoms with Gasteiger partial charge in [0.05, 0.1) is 12.2 Å². The average molecular weight is 347 g/mol. The summed E-state index contributed by atoms with van der Waals surface area (Å²) in [7, 11) is 0. The van der Waals surface area contributed by atoms with Crippen molar-refractivity contribution in [3.05, 3.63) is 0 Å². The van der Waals surface area contributed by atoms with Crippen LogP contribution in [0.5, 0.6) is 0 Å². The molecular weight excluding hydrogens is 310 g/mol. The number of halogens is 2. The van der Waals surface area contributed by atoms with Gasteiger partial charge in [0, 0.05) is 13.2 Å². The van der Waals surface area contributed by atoms with Crippen molar-refractivity contribution in [2.45, 2.75) is 103 Å². The van der Waals surface area contributed by atoms with Gasteiger partial charge in [-0.3, -0.25) is 0 Å². The summed E-state index contributed by atoms with van der Waals surface area (Å²) < 4.78 is 40.0. The van der Waals surface area contributed by atoms with Crippen molar-refractivity contribution in [2.24, 2.45) is 11.8 Å². The van der Waals surface area contributed by atoms with E-state index >= 15 is 0 Å². The second kappa shape index (κ2) is 10.7. The van der Waals surface area contributed by atoms with E-state index in [1.807, 2.05) is 0 Å². The lowest BCUT2D eigenvalue weighted by molar-refractivity contribution is -0.124. The first kappa shape index (κ1) is 20.1. The van der Waals surface area contributed by atoms with Gasteiger partial charge in [-0.25, -0.2) is 8.78 Å². The Morgan fingerprint density at radius 1 is 0.750 bits per heavy atom. The van der Waals surface area contributed by atoms with E-state index in [1.54, 1.807) is 0 Å². The van der Waals surface area contributed by atoms with Gasteiger partial charge in [-0.2, -0.15) is 0 Å². The van der Waals surface area contributed by atoms with Gasteiger partial charge in [0.1, 0.15) is 0 Å². The summed E-state index contributed by atoms with van der Waals surface area (Å²) in [6.45, 7) is 5.50.